The van der Waals surface area contributed by atoms with Crippen LogP contribution in [0.4, 0.5) is 5.69 Å². The Morgan fingerprint density at radius 3 is 2.54 bits per heavy atom. The van der Waals surface area contributed by atoms with E-state index >= 15 is 0 Å². The first-order valence-electron chi connectivity index (χ1n) is 8.17. The van der Waals surface area contributed by atoms with Crippen LogP contribution < -0.4 is 5.32 Å². The fourth-order valence-corrected chi connectivity index (χ4v) is 3.33. The average Bonchev–Trinajstić information content (AvgIpc) is 3.11. The number of carbonyl (C=O) groups excluding carboxylic acids is 1. The van der Waals surface area contributed by atoms with Gasteiger partial charge < -0.3 is 9.73 Å². The molecule has 1 aromatic heterocycles. The van der Waals surface area contributed by atoms with E-state index in [4.69, 9.17) is 27.6 Å². The van der Waals surface area contributed by atoms with Gasteiger partial charge in [0.2, 0.25) is 0 Å². The van der Waals surface area contributed by atoms with E-state index in [1.54, 1.807) is 24.3 Å². The molecule has 0 saturated carbocycles. The van der Waals surface area contributed by atoms with Crippen LogP contribution in [0.2, 0.25) is 10.0 Å². The van der Waals surface area contributed by atoms with Crippen LogP contribution in [0, 0.1) is 18.3 Å². The molecule has 0 spiro atoms. The number of anilines is 1. The molecule has 0 unspecified atom stereocenters. The summed E-state index contributed by atoms with van der Waals surface area (Å²) in [6, 6.07) is 18.1. The molecule has 0 aliphatic heterocycles. The van der Waals surface area contributed by atoms with Crippen molar-refractivity contribution in [2.45, 2.75) is 16.9 Å². The molecule has 28 heavy (non-hydrogen) atoms. The summed E-state index contributed by atoms with van der Waals surface area (Å²) in [6.07, 6.45) is 1.39. The molecular weight excluding hydrogens is 415 g/mol. The highest BCUT2D eigenvalue weighted by atomic mass is 35.5. The van der Waals surface area contributed by atoms with E-state index in [0.29, 0.717) is 26.6 Å². The number of furan rings is 1. The zero-order chi connectivity index (χ0) is 20.1. The smallest absolute Gasteiger partial charge is 0.266 e. The number of amides is 1. The molecule has 0 fully saturated rings. The Hall–Kier alpha value is -2.65. The second-order valence-electron chi connectivity index (χ2n) is 5.82. The summed E-state index contributed by atoms with van der Waals surface area (Å²) in [5.74, 6) is -0.152. The van der Waals surface area contributed by atoms with E-state index in [-0.39, 0.29) is 5.57 Å². The van der Waals surface area contributed by atoms with Crippen molar-refractivity contribution in [3.05, 3.63) is 81.5 Å². The molecular formula is C21H14Cl2N2O2S. The van der Waals surface area contributed by atoms with Gasteiger partial charge in [-0.1, -0.05) is 52.7 Å². The third-order valence-corrected chi connectivity index (χ3v) is 5.34. The van der Waals surface area contributed by atoms with Crippen LogP contribution in [0.25, 0.3) is 6.08 Å². The molecule has 3 aromatic rings. The number of benzene rings is 2. The SMILES string of the molecule is Cc1ccc(Sc2ccc(/C=C(/C#N)C(=O)Nc3ccc(Cl)c(Cl)c3)o2)cc1. The van der Waals surface area contributed by atoms with Gasteiger partial charge in [-0.2, -0.15) is 5.26 Å². The van der Waals surface area contributed by atoms with E-state index in [0.717, 1.165) is 4.90 Å². The topological polar surface area (TPSA) is 66.0 Å². The molecule has 4 nitrogen and oxygen atoms in total. The van der Waals surface area contributed by atoms with Gasteiger partial charge in [0.25, 0.3) is 5.91 Å². The standard InChI is InChI=1S/C21H14Cl2N2O2S/c1-13-2-6-17(7-3-13)28-20-9-5-16(27-20)10-14(12-24)21(26)25-15-4-8-18(22)19(23)11-15/h2-11H,1H3,(H,25,26)/b14-10-. The highest BCUT2D eigenvalue weighted by molar-refractivity contribution is 7.99. The van der Waals surface area contributed by atoms with Crippen molar-refractivity contribution >= 4 is 52.6 Å². The molecule has 0 atom stereocenters. The molecule has 0 aliphatic carbocycles. The molecule has 1 N–H and O–H groups in total. The number of halogens is 2. The maximum Gasteiger partial charge on any atom is 0.266 e. The lowest BCUT2D eigenvalue weighted by Gasteiger charge is -2.05. The van der Waals surface area contributed by atoms with Crippen molar-refractivity contribution in [2.75, 3.05) is 5.32 Å². The van der Waals surface area contributed by atoms with Gasteiger partial charge in [0.05, 0.1) is 10.0 Å². The molecule has 0 bridgehead atoms. The molecule has 0 aliphatic rings. The third-order valence-electron chi connectivity index (χ3n) is 3.67. The highest BCUT2D eigenvalue weighted by Gasteiger charge is 2.12. The minimum atomic E-state index is -0.565. The fraction of sp³-hybridized carbons (Fsp3) is 0.0476. The van der Waals surface area contributed by atoms with E-state index in [2.05, 4.69) is 5.32 Å². The quantitative estimate of drug-likeness (QED) is 0.367. The Kier molecular flexibility index (Phi) is 6.48. The third kappa shape index (κ3) is 5.20. The molecule has 1 amide bonds. The predicted octanol–water partition coefficient (Wildman–Crippen LogP) is 6.59. The van der Waals surface area contributed by atoms with Crippen LogP contribution in [-0.4, -0.2) is 5.91 Å². The second-order valence-corrected chi connectivity index (χ2v) is 7.72. The molecule has 3 rings (SSSR count). The zero-order valence-electron chi connectivity index (χ0n) is 14.7. The fourth-order valence-electron chi connectivity index (χ4n) is 2.25. The molecule has 0 radical (unpaired) electrons. The zero-order valence-corrected chi connectivity index (χ0v) is 17.0. The number of nitrogens with zero attached hydrogens (tertiary/aromatic N) is 1. The highest BCUT2D eigenvalue weighted by Crippen LogP contribution is 2.30. The predicted molar refractivity (Wildman–Crippen MR) is 113 cm³/mol. The van der Waals surface area contributed by atoms with Gasteiger partial charge in [0.15, 0.2) is 5.09 Å². The summed E-state index contributed by atoms with van der Waals surface area (Å²) in [7, 11) is 0. The number of nitrogens with one attached hydrogen (secondary N) is 1. The number of rotatable bonds is 5. The van der Waals surface area contributed by atoms with Gasteiger partial charge in [0, 0.05) is 16.7 Å². The maximum absolute atomic E-state index is 12.3. The van der Waals surface area contributed by atoms with Crippen LogP contribution >= 0.6 is 35.0 Å². The van der Waals surface area contributed by atoms with Gasteiger partial charge in [-0.15, -0.1) is 0 Å². The first-order chi connectivity index (χ1) is 13.4. The Bertz CT molecular complexity index is 1080. The largest absolute Gasteiger partial charge is 0.450 e. The van der Waals surface area contributed by atoms with Crippen LogP contribution in [0.5, 0.6) is 0 Å². The summed E-state index contributed by atoms with van der Waals surface area (Å²) in [4.78, 5) is 13.4. The number of hydrogen-bond acceptors (Lipinski definition) is 4. The second kappa shape index (κ2) is 9.03. The maximum atomic E-state index is 12.3. The van der Waals surface area contributed by atoms with Crippen LogP contribution in [-0.2, 0) is 4.79 Å². The number of aryl methyl sites for hydroxylation is 1. The molecule has 1 heterocycles. The average molecular weight is 429 g/mol. The summed E-state index contributed by atoms with van der Waals surface area (Å²) in [5, 5.41) is 13.3. The number of nitriles is 1. The van der Waals surface area contributed by atoms with E-state index in [1.807, 2.05) is 37.3 Å². The molecule has 0 saturated heterocycles. The molecule has 7 heteroatoms. The first-order valence-corrected chi connectivity index (χ1v) is 9.74. The van der Waals surface area contributed by atoms with Crippen molar-refractivity contribution in [1.82, 2.24) is 0 Å². The van der Waals surface area contributed by atoms with Crippen molar-refractivity contribution < 1.29 is 9.21 Å². The van der Waals surface area contributed by atoms with Crippen molar-refractivity contribution in [1.29, 1.82) is 5.26 Å². The Morgan fingerprint density at radius 2 is 1.86 bits per heavy atom. The summed E-state index contributed by atoms with van der Waals surface area (Å²) in [6.45, 7) is 2.02. The lowest BCUT2D eigenvalue weighted by atomic mass is 10.2. The van der Waals surface area contributed by atoms with E-state index in [1.165, 1.54) is 29.5 Å². The van der Waals surface area contributed by atoms with Crippen molar-refractivity contribution in [3.63, 3.8) is 0 Å². The van der Waals surface area contributed by atoms with Gasteiger partial charge in [0.1, 0.15) is 17.4 Å². The lowest BCUT2D eigenvalue weighted by molar-refractivity contribution is -0.112. The summed E-state index contributed by atoms with van der Waals surface area (Å²) >= 11 is 13.3. The van der Waals surface area contributed by atoms with Gasteiger partial charge >= 0.3 is 0 Å². The monoisotopic (exact) mass is 428 g/mol. The van der Waals surface area contributed by atoms with E-state index < -0.39 is 5.91 Å². The Balaban J connectivity index is 1.72. The summed E-state index contributed by atoms with van der Waals surface area (Å²) in [5.41, 5.74) is 1.53. The first kappa shape index (κ1) is 20.1. The van der Waals surface area contributed by atoms with Gasteiger partial charge in [-0.25, -0.2) is 0 Å². The van der Waals surface area contributed by atoms with Gasteiger partial charge in [-0.3, -0.25) is 4.79 Å². The van der Waals surface area contributed by atoms with Crippen LogP contribution in [0.3, 0.4) is 0 Å². The number of hydrogen-bond donors (Lipinski definition) is 1. The van der Waals surface area contributed by atoms with Gasteiger partial charge in [-0.05, 0) is 49.4 Å². The normalized spacial score (nSPS) is 11.1. The van der Waals surface area contributed by atoms with Crippen molar-refractivity contribution in [3.8, 4) is 6.07 Å². The van der Waals surface area contributed by atoms with Crippen LogP contribution in [0.1, 0.15) is 11.3 Å². The van der Waals surface area contributed by atoms with Crippen LogP contribution in [0.15, 0.2) is 74.6 Å². The Labute approximate surface area is 176 Å². The van der Waals surface area contributed by atoms with E-state index in [9.17, 15) is 10.1 Å². The molecule has 140 valence electrons. The molecule has 2 aromatic carbocycles. The van der Waals surface area contributed by atoms with Crippen molar-refractivity contribution in [2.24, 2.45) is 0 Å². The minimum Gasteiger partial charge on any atom is -0.450 e. The summed E-state index contributed by atoms with van der Waals surface area (Å²) < 4.78 is 5.70. The number of carbonyl (C=O) groups is 1. The lowest BCUT2D eigenvalue weighted by Crippen LogP contribution is -2.13. The minimum absolute atomic E-state index is 0.0905. The Morgan fingerprint density at radius 1 is 1.11 bits per heavy atom.